The van der Waals surface area contributed by atoms with Crippen LogP contribution in [0.5, 0.6) is 0 Å². The van der Waals surface area contributed by atoms with Gasteiger partial charge in [0.15, 0.2) is 0 Å². The number of nitrogens with one attached hydrogen (secondary N) is 1. The first-order chi connectivity index (χ1) is 18.5. The first-order valence-corrected chi connectivity index (χ1v) is 15.1. The molecule has 2 atom stereocenters. The average molecular weight is 570 g/mol. The van der Waals surface area contributed by atoms with E-state index in [9.17, 15) is 18.0 Å². The Labute approximate surface area is 236 Å². The first-order valence-electron chi connectivity index (χ1n) is 12.9. The first kappa shape index (κ1) is 30.2. The number of amides is 2. The number of carbonyl (C=O) groups excluding carboxylic acids is 2. The zero-order valence-electron chi connectivity index (χ0n) is 22.8. The van der Waals surface area contributed by atoms with Crippen molar-refractivity contribution in [3.05, 3.63) is 101 Å². The molecular formula is C30H36ClN3O4S. The minimum Gasteiger partial charge on any atom is -0.352 e. The highest BCUT2D eigenvalue weighted by atomic mass is 35.5. The van der Waals surface area contributed by atoms with Crippen LogP contribution in [0, 0.1) is 6.92 Å². The molecule has 0 fully saturated rings. The molecule has 9 heteroatoms. The highest BCUT2D eigenvalue weighted by Gasteiger charge is 2.33. The Balaban J connectivity index is 2.06. The summed E-state index contributed by atoms with van der Waals surface area (Å²) < 4.78 is 26.7. The molecule has 0 spiro atoms. The van der Waals surface area contributed by atoms with E-state index in [-0.39, 0.29) is 35.6 Å². The number of nitrogens with zero attached hydrogens (tertiary/aromatic N) is 2. The average Bonchev–Trinajstić information content (AvgIpc) is 2.90. The fourth-order valence-electron chi connectivity index (χ4n) is 4.13. The van der Waals surface area contributed by atoms with Crippen LogP contribution >= 0.6 is 11.6 Å². The summed E-state index contributed by atoms with van der Waals surface area (Å²) in [5, 5.41) is 3.22. The van der Waals surface area contributed by atoms with Gasteiger partial charge in [-0.1, -0.05) is 90.8 Å². The van der Waals surface area contributed by atoms with Gasteiger partial charge in [0.1, 0.15) is 12.6 Å². The Bertz CT molecular complexity index is 1360. The zero-order valence-corrected chi connectivity index (χ0v) is 24.4. The number of benzene rings is 3. The summed E-state index contributed by atoms with van der Waals surface area (Å²) in [5.74, 6) is -0.807. The Hall–Kier alpha value is -3.36. The van der Waals surface area contributed by atoms with E-state index in [0.29, 0.717) is 0 Å². The molecule has 0 saturated heterocycles. The van der Waals surface area contributed by atoms with Crippen molar-refractivity contribution in [1.82, 2.24) is 10.2 Å². The fourth-order valence-corrected chi connectivity index (χ4v) is 5.28. The lowest BCUT2D eigenvalue weighted by atomic mass is 10.0. The third kappa shape index (κ3) is 8.57. The molecular weight excluding hydrogens is 534 g/mol. The standard InChI is InChI=1S/C30H36ClN3O4S/c1-5-23(3)32-30(36)28(19-24-11-7-6-8-12-24)33(20-25-17-15-22(2)16-18-25)29(35)21-34(39(4,37)38)27-14-10-9-13-26(27)31/h6-18,23,28H,5,19-21H2,1-4H3,(H,32,36)/t23-,28-/m1/s1. The largest absolute Gasteiger partial charge is 0.352 e. The van der Waals surface area contributed by atoms with Crippen LogP contribution in [0.4, 0.5) is 5.69 Å². The summed E-state index contributed by atoms with van der Waals surface area (Å²) in [6.07, 6.45) is 2.03. The minimum atomic E-state index is -3.87. The maximum absolute atomic E-state index is 14.0. The van der Waals surface area contributed by atoms with Crippen LogP contribution in [0.25, 0.3) is 0 Å². The summed E-state index contributed by atoms with van der Waals surface area (Å²) in [5.41, 5.74) is 2.98. The predicted molar refractivity (Wildman–Crippen MR) is 157 cm³/mol. The number of aryl methyl sites for hydroxylation is 1. The van der Waals surface area contributed by atoms with Gasteiger partial charge in [-0.15, -0.1) is 0 Å². The minimum absolute atomic E-state index is 0.0947. The number of sulfonamides is 1. The monoisotopic (exact) mass is 569 g/mol. The molecule has 1 N–H and O–H groups in total. The maximum Gasteiger partial charge on any atom is 0.244 e. The lowest BCUT2D eigenvalue weighted by Gasteiger charge is -2.34. The highest BCUT2D eigenvalue weighted by Crippen LogP contribution is 2.27. The molecule has 0 heterocycles. The van der Waals surface area contributed by atoms with E-state index in [1.807, 2.05) is 75.4 Å². The number of carbonyl (C=O) groups is 2. The molecule has 0 unspecified atom stereocenters. The van der Waals surface area contributed by atoms with E-state index in [0.717, 1.165) is 33.7 Å². The van der Waals surface area contributed by atoms with Crippen molar-refractivity contribution >= 4 is 39.1 Å². The molecule has 2 amide bonds. The van der Waals surface area contributed by atoms with E-state index in [2.05, 4.69) is 5.32 Å². The van der Waals surface area contributed by atoms with E-state index < -0.39 is 28.5 Å². The molecule has 0 aliphatic rings. The fraction of sp³-hybridized carbons (Fsp3) is 0.333. The van der Waals surface area contributed by atoms with Crippen LogP contribution in [0.2, 0.25) is 5.02 Å². The van der Waals surface area contributed by atoms with Crippen LogP contribution in [-0.2, 0) is 32.6 Å². The van der Waals surface area contributed by atoms with Crippen LogP contribution in [0.3, 0.4) is 0 Å². The van der Waals surface area contributed by atoms with Gasteiger partial charge < -0.3 is 10.2 Å². The van der Waals surface area contributed by atoms with Crippen LogP contribution in [0.1, 0.15) is 37.0 Å². The molecule has 0 bridgehead atoms. The number of hydrogen-bond acceptors (Lipinski definition) is 4. The molecule has 7 nitrogen and oxygen atoms in total. The summed E-state index contributed by atoms with van der Waals surface area (Å²) >= 11 is 6.33. The summed E-state index contributed by atoms with van der Waals surface area (Å²) in [6, 6.07) is 22.7. The Morgan fingerprint density at radius 2 is 1.54 bits per heavy atom. The lowest BCUT2D eigenvalue weighted by molar-refractivity contribution is -0.140. The van der Waals surface area contributed by atoms with Gasteiger partial charge in [-0.25, -0.2) is 8.42 Å². The molecule has 0 aliphatic heterocycles. The van der Waals surface area contributed by atoms with Crippen molar-refractivity contribution in [3.63, 3.8) is 0 Å². The summed E-state index contributed by atoms with van der Waals surface area (Å²) in [7, 11) is -3.87. The highest BCUT2D eigenvalue weighted by molar-refractivity contribution is 7.92. The number of rotatable bonds is 12. The van der Waals surface area contributed by atoms with Gasteiger partial charge >= 0.3 is 0 Å². The molecule has 3 aromatic rings. The summed E-state index contributed by atoms with van der Waals surface area (Å²) in [4.78, 5) is 29.2. The maximum atomic E-state index is 14.0. The zero-order chi connectivity index (χ0) is 28.6. The molecule has 3 aromatic carbocycles. The van der Waals surface area contributed by atoms with Gasteiger partial charge in [0.2, 0.25) is 21.8 Å². The SMILES string of the molecule is CC[C@@H](C)NC(=O)[C@@H](Cc1ccccc1)N(Cc1ccc(C)cc1)C(=O)CN(c1ccccc1Cl)S(C)(=O)=O. The number of halogens is 1. The molecule has 0 radical (unpaired) electrons. The van der Waals surface area contributed by atoms with Gasteiger partial charge in [-0.05, 0) is 43.5 Å². The quantitative estimate of drug-likeness (QED) is 0.334. The van der Waals surface area contributed by atoms with Crippen LogP contribution in [0.15, 0.2) is 78.9 Å². The molecule has 0 aliphatic carbocycles. The van der Waals surface area contributed by atoms with Gasteiger partial charge in [0, 0.05) is 19.0 Å². The second-order valence-electron chi connectivity index (χ2n) is 9.75. The van der Waals surface area contributed by atoms with Crippen molar-refractivity contribution in [3.8, 4) is 0 Å². The van der Waals surface area contributed by atoms with Gasteiger partial charge in [0.25, 0.3) is 0 Å². The number of anilines is 1. The van der Waals surface area contributed by atoms with Crippen molar-refractivity contribution in [2.24, 2.45) is 0 Å². The topological polar surface area (TPSA) is 86.8 Å². The van der Waals surface area contributed by atoms with Crippen LogP contribution < -0.4 is 9.62 Å². The molecule has 3 rings (SSSR count). The van der Waals surface area contributed by atoms with Gasteiger partial charge in [-0.3, -0.25) is 13.9 Å². The number of para-hydroxylation sites is 1. The van der Waals surface area contributed by atoms with E-state index in [1.54, 1.807) is 24.3 Å². The van der Waals surface area contributed by atoms with Gasteiger partial charge in [-0.2, -0.15) is 0 Å². The Kier molecular flexibility index (Phi) is 10.5. The molecule has 0 aromatic heterocycles. The molecule has 208 valence electrons. The van der Waals surface area contributed by atoms with Crippen molar-refractivity contribution in [2.75, 3.05) is 17.1 Å². The Morgan fingerprint density at radius 1 is 0.923 bits per heavy atom. The van der Waals surface area contributed by atoms with Crippen LogP contribution in [-0.4, -0.2) is 50.0 Å². The van der Waals surface area contributed by atoms with Gasteiger partial charge in [0.05, 0.1) is 17.0 Å². The van der Waals surface area contributed by atoms with E-state index >= 15 is 0 Å². The van der Waals surface area contributed by atoms with Crippen molar-refractivity contribution in [1.29, 1.82) is 0 Å². The normalized spacial score (nSPS) is 12.8. The second-order valence-corrected chi connectivity index (χ2v) is 12.1. The number of hydrogen-bond donors (Lipinski definition) is 1. The molecule has 39 heavy (non-hydrogen) atoms. The predicted octanol–water partition coefficient (Wildman–Crippen LogP) is 4.97. The van der Waals surface area contributed by atoms with E-state index in [4.69, 9.17) is 11.6 Å². The third-order valence-corrected chi connectivity index (χ3v) is 7.99. The Morgan fingerprint density at radius 3 is 2.13 bits per heavy atom. The summed E-state index contributed by atoms with van der Waals surface area (Å²) in [6.45, 7) is 5.48. The van der Waals surface area contributed by atoms with E-state index in [1.165, 1.54) is 4.90 Å². The second kappa shape index (κ2) is 13.6. The molecule has 0 saturated carbocycles. The third-order valence-electron chi connectivity index (χ3n) is 6.55. The van der Waals surface area contributed by atoms with Crippen molar-refractivity contribution in [2.45, 2.75) is 52.2 Å². The van der Waals surface area contributed by atoms with Crippen molar-refractivity contribution < 1.29 is 18.0 Å². The lowest BCUT2D eigenvalue weighted by Crippen LogP contribution is -2.54. The smallest absolute Gasteiger partial charge is 0.244 e.